The number of hydrogen-bond donors (Lipinski definition) is 1. The van der Waals surface area contributed by atoms with Gasteiger partial charge in [-0.2, -0.15) is 0 Å². The van der Waals surface area contributed by atoms with Gasteiger partial charge in [0.15, 0.2) is 5.82 Å². The summed E-state index contributed by atoms with van der Waals surface area (Å²) in [5, 5.41) is 9.53. The minimum absolute atomic E-state index is 0.0944. The van der Waals surface area contributed by atoms with E-state index in [-0.39, 0.29) is 5.91 Å². The maximum absolute atomic E-state index is 11.9. The molecule has 0 aliphatic rings. The van der Waals surface area contributed by atoms with Gasteiger partial charge in [-0.15, -0.1) is 23.1 Å². The highest BCUT2D eigenvalue weighted by Gasteiger charge is 2.09. The molecule has 26 heavy (non-hydrogen) atoms. The van der Waals surface area contributed by atoms with Gasteiger partial charge >= 0.3 is 0 Å². The van der Waals surface area contributed by atoms with Crippen molar-refractivity contribution in [1.29, 1.82) is 0 Å². The van der Waals surface area contributed by atoms with Gasteiger partial charge in [-0.05, 0) is 18.4 Å². The molecule has 0 unspecified atom stereocenters. The van der Waals surface area contributed by atoms with Gasteiger partial charge in [0.05, 0.1) is 11.4 Å². The van der Waals surface area contributed by atoms with Gasteiger partial charge in [0.1, 0.15) is 10.8 Å². The third-order valence-corrected chi connectivity index (χ3v) is 5.66. The largest absolute Gasteiger partial charge is 0.360 e. The summed E-state index contributed by atoms with van der Waals surface area (Å²) in [6.45, 7) is 6.16. The molecule has 3 aromatic rings. The number of thiazole rings is 1. The summed E-state index contributed by atoms with van der Waals surface area (Å²) in [6, 6.07) is 10.3. The zero-order valence-electron chi connectivity index (χ0n) is 15.0. The van der Waals surface area contributed by atoms with E-state index in [1.54, 1.807) is 24.3 Å². The van der Waals surface area contributed by atoms with E-state index in [0.29, 0.717) is 29.0 Å². The van der Waals surface area contributed by atoms with Gasteiger partial charge < -0.3 is 9.84 Å². The molecule has 0 aliphatic heterocycles. The molecule has 2 heterocycles. The van der Waals surface area contributed by atoms with E-state index in [1.165, 1.54) is 17.3 Å². The quantitative estimate of drug-likeness (QED) is 0.611. The van der Waals surface area contributed by atoms with Crippen LogP contribution in [-0.2, 0) is 10.5 Å². The summed E-state index contributed by atoms with van der Waals surface area (Å²) >= 11 is 3.16. The molecule has 1 N–H and O–H groups in total. The maximum Gasteiger partial charge on any atom is 0.235 e. The van der Waals surface area contributed by atoms with E-state index in [2.05, 4.69) is 59.0 Å². The fourth-order valence-corrected chi connectivity index (χ4v) is 4.02. The van der Waals surface area contributed by atoms with Crippen molar-refractivity contribution < 1.29 is 9.32 Å². The van der Waals surface area contributed by atoms with Crippen LogP contribution in [-0.4, -0.2) is 21.8 Å². The lowest BCUT2D eigenvalue weighted by atomic mass is 10.0. The van der Waals surface area contributed by atoms with Gasteiger partial charge in [-0.3, -0.25) is 4.79 Å². The molecule has 1 aromatic carbocycles. The first-order valence-electron chi connectivity index (χ1n) is 8.37. The smallest absolute Gasteiger partial charge is 0.235 e. The van der Waals surface area contributed by atoms with Crippen LogP contribution in [0, 0.1) is 6.92 Å². The van der Waals surface area contributed by atoms with Crippen LogP contribution in [0.15, 0.2) is 40.2 Å². The predicted octanol–water partition coefficient (Wildman–Crippen LogP) is 5.10. The topological polar surface area (TPSA) is 68.0 Å². The summed E-state index contributed by atoms with van der Waals surface area (Å²) in [5.74, 6) is 2.61. The van der Waals surface area contributed by atoms with E-state index in [1.807, 2.05) is 0 Å². The molecule has 0 saturated heterocycles. The number of hydrogen-bond acceptors (Lipinski definition) is 6. The minimum atomic E-state index is -0.0944. The second kappa shape index (κ2) is 8.51. The average Bonchev–Trinajstić information content (AvgIpc) is 3.24. The third-order valence-electron chi connectivity index (χ3n) is 3.75. The fourth-order valence-electron chi connectivity index (χ4n) is 2.37. The molecule has 0 aliphatic carbocycles. The van der Waals surface area contributed by atoms with E-state index in [0.717, 1.165) is 16.3 Å². The third kappa shape index (κ3) is 4.95. The molecular weight excluding hydrogens is 366 g/mol. The maximum atomic E-state index is 11.9. The predicted molar refractivity (Wildman–Crippen MR) is 108 cm³/mol. The van der Waals surface area contributed by atoms with Crippen LogP contribution < -0.4 is 5.32 Å². The van der Waals surface area contributed by atoms with E-state index >= 15 is 0 Å². The second-order valence-electron chi connectivity index (χ2n) is 6.28. The average molecular weight is 388 g/mol. The highest BCUT2D eigenvalue weighted by Crippen LogP contribution is 2.27. The minimum Gasteiger partial charge on any atom is -0.360 e. The molecule has 0 bridgehead atoms. The van der Waals surface area contributed by atoms with E-state index < -0.39 is 0 Å². The number of amides is 1. The molecule has 5 nitrogen and oxygen atoms in total. The van der Waals surface area contributed by atoms with Gasteiger partial charge in [0.25, 0.3) is 0 Å². The Balaban J connectivity index is 1.49. The Morgan fingerprint density at radius 3 is 2.73 bits per heavy atom. The van der Waals surface area contributed by atoms with Crippen molar-refractivity contribution >= 4 is 34.8 Å². The van der Waals surface area contributed by atoms with Crippen molar-refractivity contribution in [3.05, 3.63) is 52.7 Å². The Bertz CT molecular complexity index is 869. The second-order valence-corrected chi connectivity index (χ2v) is 8.13. The summed E-state index contributed by atoms with van der Waals surface area (Å²) < 4.78 is 4.92. The van der Waals surface area contributed by atoms with Crippen LogP contribution >= 0.6 is 23.1 Å². The summed E-state index contributed by atoms with van der Waals surface area (Å²) in [7, 11) is 0. The van der Waals surface area contributed by atoms with Crippen LogP contribution in [0.5, 0.6) is 0 Å². The van der Waals surface area contributed by atoms with Crippen molar-refractivity contribution in [2.45, 2.75) is 32.4 Å². The Hall–Kier alpha value is -2.12. The zero-order valence-corrected chi connectivity index (χ0v) is 16.6. The molecule has 0 fully saturated rings. The van der Waals surface area contributed by atoms with Gasteiger partial charge in [0.2, 0.25) is 5.91 Å². The number of benzene rings is 1. The number of thioether (sulfide) groups is 1. The first-order chi connectivity index (χ1) is 12.5. The lowest BCUT2D eigenvalue weighted by Crippen LogP contribution is -2.14. The van der Waals surface area contributed by atoms with Gasteiger partial charge in [-0.1, -0.05) is 43.3 Å². The van der Waals surface area contributed by atoms with Crippen molar-refractivity contribution in [3.63, 3.8) is 0 Å². The van der Waals surface area contributed by atoms with E-state index in [4.69, 9.17) is 4.52 Å². The Morgan fingerprint density at radius 1 is 1.31 bits per heavy atom. The van der Waals surface area contributed by atoms with Crippen molar-refractivity contribution in [2.75, 3.05) is 11.1 Å². The van der Waals surface area contributed by atoms with Gasteiger partial charge in [0, 0.05) is 22.8 Å². The lowest BCUT2D eigenvalue weighted by Gasteiger charge is -2.05. The molecule has 0 saturated carbocycles. The van der Waals surface area contributed by atoms with Crippen LogP contribution in [0.1, 0.15) is 36.8 Å². The summed E-state index contributed by atoms with van der Waals surface area (Å²) in [4.78, 5) is 16.6. The first-order valence-corrected chi connectivity index (χ1v) is 10.4. The van der Waals surface area contributed by atoms with Crippen molar-refractivity contribution in [1.82, 2.24) is 10.1 Å². The Morgan fingerprint density at radius 2 is 2.08 bits per heavy atom. The summed E-state index contributed by atoms with van der Waals surface area (Å²) in [5.41, 5.74) is 3.46. The monoisotopic (exact) mass is 387 g/mol. The molecule has 0 radical (unpaired) electrons. The highest BCUT2D eigenvalue weighted by atomic mass is 32.2. The number of aryl methyl sites for hydroxylation is 1. The number of carbonyl (C=O) groups is 1. The SMILES string of the molecule is Cc1cc(NC(=O)CSCc2csc(-c3ccc(C(C)C)cc3)n2)no1. The summed E-state index contributed by atoms with van der Waals surface area (Å²) in [6.07, 6.45) is 0. The van der Waals surface area contributed by atoms with Crippen molar-refractivity contribution in [2.24, 2.45) is 0 Å². The standard InChI is InChI=1S/C19H21N3O2S2/c1-12(2)14-4-6-15(7-5-14)19-20-16(10-26-19)9-25-11-18(23)21-17-8-13(3)24-22-17/h4-8,10,12H,9,11H2,1-3H3,(H,21,22,23). The molecule has 1 amide bonds. The molecule has 2 aromatic heterocycles. The van der Waals surface area contributed by atoms with Gasteiger partial charge in [-0.25, -0.2) is 4.98 Å². The van der Waals surface area contributed by atoms with Crippen LogP contribution in [0.3, 0.4) is 0 Å². The van der Waals surface area contributed by atoms with Crippen molar-refractivity contribution in [3.8, 4) is 10.6 Å². The lowest BCUT2D eigenvalue weighted by molar-refractivity contribution is -0.113. The fraction of sp³-hybridized carbons (Fsp3) is 0.316. The number of nitrogens with one attached hydrogen (secondary N) is 1. The molecule has 0 spiro atoms. The Labute approximate surface area is 161 Å². The Kier molecular flexibility index (Phi) is 6.11. The van der Waals surface area contributed by atoms with Crippen LogP contribution in [0.25, 0.3) is 10.6 Å². The molecule has 0 atom stereocenters. The molecular formula is C19H21N3O2S2. The molecule has 3 rings (SSSR count). The number of aromatic nitrogens is 2. The number of nitrogens with zero attached hydrogens (tertiary/aromatic N) is 2. The zero-order chi connectivity index (χ0) is 18.5. The highest BCUT2D eigenvalue weighted by molar-refractivity contribution is 7.99. The molecule has 7 heteroatoms. The number of carbonyl (C=O) groups excluding carboxylic acids is 1. The van der Waals surface area contributed by atoms with Crippen LogP contribution in [0.4, 0.5) is 5.82 Å². The molecule has 136 valence electrons. The number of rotatable bonds is 7. The van der Waals surface area contributed by atoms with E-state index in [9.17, 15) is 4.79 Å². The normalized spacial score (nSPS) is 11.1. The van der Waals surface area contributed by atoms with Crippen LogP contribution in [0.2, 0.25) is 0 Å². The first kappa shape index (κ1) is 18.7. The number of anilines is 1.